The third-order valence-corrected chi connectivity index (χ3v) is 3.60. The Labute approximate surface area is 118 Å². The zero-order valence-corrected chi connectivity index (χ0v) is 12.2. The largest absolute Gasteiger partial charge is 0.297 e. The van der Waals surface area contributed by atoms with Gasteiger partial charge in [-0.15, -0.1) is 0 Å². The summed E-state index contributed by atoms with van der Waals surface area (Å²) in [5.74, 6) is -1.12. The molecule has 4 nitrogen and oxygen atoms in total. The van der Waals surface area contributed by atoms with Crippen molar-refractivity contribution < 1.29 is 14.4 Å². The second-order valence-corrected chi connectivity index (χ2v) is 5.77. The summed E-state index contributed by atoms with van der Waals surface area (Å²) >= 11 is 0. The van der Waals surface area contributed by atoms with Gasteiger partial charge in [0.1, 0.15) is 6.04 Å². The van der Waals surface area contributed by atoms with Crippen LogP contribution in [0.25, 0.3) is 0 Å². The van der Waals surface area contributed by atoms with Gasteiger partial charge in [-0.25, -0.2) is 0 Å². The molecule has 0 saturated heterocycles. The highest BCUT2D eigenvalue weighted by Crippen LogP contribution is 2.28. The van der Waals surface area contributed by atoms with Crippen LogP contribution in [0.2, 0.25) is 0 Å². The number of hydrogen-bond donors (Lipinski definition) is 0. The van der Waals surface area contributed by atoms with Crippen molar-refractivity contribution in [2.75, 3.05) is 0 Å². The number of benzene rings is 1. The van der Waals surface area contributed by atoms with Crippen LogP contribution in [-0.2, 0) is 4.79 Å². The maximum absolute atomic E-state index is 12.4. The number of ketones is 1. The first-order chi connectivity index (χ1) is 9.36. The number of carbonyl (C=O) groups excluding carboxylic acids is 3. The van der Waals surface area contributed by atoms with Crippen LogP contribution < -0.4 is 0 Å². The van der Waals surface area contributed by atoms with E-state index < -0.39 is 6.04 Å². The minimum atomic E-state index is -0.692. The number of rotatable bonds is 4. The summed E-state index contributed by atoms with van der Waals surface area (Å²) in [6, 6.07) is 6.02. The number of fused-ring (bicyclic) bond motifs is 1. The Kier molecular flexibility index (Phi) is 3.75. The molecule has 20 heavy (non-hydrogen) atoms. The summed E-state index contributed by atoms with van der Waals surface area (Å²) in [7, 11) is 0. The lowest BCUT2D eigenvalue weighted by molar-refractivity contribution is -0.127. The molecule has 1 unspecified atom stereocenters. The Hall–Kier alpha value is -1.97. The van der Waals surface area contributed by atoms with E-state index in [1.165, 1.54) is 0 Å². The van der Waals surface area contributed by atoms with Gasteiger partial charge in [0.15, 0.2) is 5.78 Å². The van der Waals surface area contributed by atoms with Gasteiger partial charge in [0.05, 0.1) is 11.1 Å². The first kappa shape index (κ1) is 14.4. The van der Waals surface area contributed by atoms with Crippen molar-refractivity contribution in [3.05, 3.63) is 35.4 Å². The van der Waals surface area contributed by atoms with Gasteiger partial charge in [0.2, 0.25) is 0 Å². The minimum absolute atomic E-state index is 0.0745. The third-order valence-electron chi connectivity index (χ3n) is 3.60. The summed E-state index contributed by atoms with van der Waals surface area (Å²) in [6.45, 7) is 7.29. The summed E-state index contributed by atoms with van der Waals surface area (Å²) < 4.78 is 0. The summed E-state index contributed by atoms with van der Waals surface area (Å²) in [5, 5.41) is 0. The van der Waals surface area contributed by atoms with E-state index in [0.29, 0.717) is 11.1 Å². The molecule has 0 spiro atoms. The molecule has 0 aliphatic carbocycles. The van der Waals surface area contributed by atoms with Crippen molar-refractivity contribution in [1.29, 1.82) is 0 Å². The molecule has 1 heterocycles. The maximum atomic E-state index is 12.4. The van der Waals surface area contributed by atoms with E-state index in [-0.39, 0.29) is 29.4 Å². The number of hydrogen-bond acceptors (Lipinski definition) is 3. The van der Waals surface area contributed by atoms with Crippen LogP contribution in [0.15, 0.2) is 24.3 Å². The van der Waals surface area contributed by atoms with E-state index in [0.717, 1.165) is 4.90 Å². The van der Waals surface area contributed by atoms with Gasteiger partial charge in [-0.3, -0.25) is 19.3 Å². The molecule has 0 saturated carbocycles. The van der Waals surface area contributed by atoms with Crippen LogP contribution in [0.4, 0.5) is 0 Å². The average Bonchev–Trinajstić information content (AvgIpc) is 2.64. The van der Waals surface area contributed by atoms with Crippen LogP contribution in [0.1, 0.15) is 48.4 Å². The minimum Gasteiger partial charge on any atom is -0.297 e. The zero-order chi connectivity index (χ0) is 15.0. The monoisotopic (exact) mass is 273 g/mol. The van der Waals surface area contributed by atoms with Crippen molar-refractivity contribution >= 4 is 17.6 Å². The van der Waals surface area contributed by atoms with Crippen molar-refractivity contribution in [3.8, 4) is 0 Å². The molecule has 0 radical (unpaired) electrons. The van der Waals surface area contributed by atoms with Gasteiger partial charge in [-0.05, 0) is 18.1 Å². The molecule has 1 aromatic rings. The molecule has 0 N–H and O–H groups in total. The Balaban J connectivity index is 2.45. The lowest BCUT2D eigenvalue weighted by Gasteiger charge is -2.29. The number of carbonyl (C=O) groups is 3. The van der Waals surface area contributed by atoms with Crippen molar-refractivity contribution in [1.82, 2.24) is 4.90 Å². The van der Waals surface area contributed by atoms with Crippen LogP contribution in [0.3, 0.4) is 0 Å². The van der Waals surface area contributed by atoms with Crippen molar-refractivity contribution in [2.24, 2.45) is 11.8 Å². The maximum Gasteiger partial charge on any atom is 0.262 e. The van der Waals surface area contributed by atoms with Crippen LogP contribution in [0.5, 0.6) is 0 Å². The smallest absolute Gasteiger partial charge is 0.262 e. The Morgan fingerprint density at radius 2 is 1.40 bits per heavy atom. The quantitative estimate of drug-likeness (QED) is 0.792. The zero-order valence-electron chi connectivity index (χ0n) is 12.2. The van der Waals surface area contributed by atoms with Crippen molar-refractivity contribution in [3.63, 3.8) is 0 Å². The average molecular weight is 273 g/mol. The van der Waals surface area contributed by atoms with Gasteiger partial charge in [-0.1, -0.05) is 39.8 Å². The predicted molar refractivity (Wildman–Crippen MR) is 75.4 cm³/mol. The van der Waals surface area contributed by atoms with E-state index in [9.17, 15) is 14.4 Å². The lowest BCUT2D eigenvalue weighted by atomic mass is 9.91. The molecular weight excluding hydrogens is 254 g/mol. The fraction of sp³-hybridized carbons (Fsp3) is 0.438. The summed E-state index contributed by atoms with van der Waals surface area (Å²) in [6.07, 6.45) is 0. The lowest BCUT2D eigenvalue weighted by Crippen LogP contribution is -2.49. The van der Waals surface area contributed by atoms with E-state index in [4.69, 9.17) is 0 Å². The second-order valence-electron chi connectivity index (χ2n) is 5.77. The van der Waals surface area contributed by atoms with E-state index >= 15 is 0 Å². The molecule has 1 aliphatic heterocycles. The molecule has 0 fully saturated rings. The van der Waals surface area contributed by atoms with Crippen LogP contribution in [-0.4, -0.2) is 28.5 Å². The molecule has 1 atom stereocenters. The van der Waals surface area contributed by atoms with E-state index in [1.807, 2.05) is 13.8 Å². The summed E-state index contributed by atoms with van der Waals surface area (Å²) in [4.78, 5) is 38.4. The van der Waals surface area contributed by atoms with Gasteiger partial charge < -0.3 is 0 Å². The molecular formula is C16H19NO3. The first-order valence-corrected chi connectivity index (χ1v) is 6.87. The van der Waals surface area contributed by atoms with Gasteiger partial charge in [-0.2, -0.15) is 0 Å². The Morgan fingerprint density at radius 3 is 1.75 bits per heavy atom. The highest BCUT2D eigenvalue weighted by Gasteiger charge is 2.43. The van der Waals surface area contributed by atoms with E-state index in [1.54, 1.807) is 38.1 Å². The number of Topliss-reactive ketones (excluding diaryl/α,β-unsaturated/α-hetero) is 1. The fourth-order valence-corrected chi connectivity index (χ4v) is 2.56. The molecule has 106 valence electrons. The molecule has 4 heteroatoms. The van der Waals surface area contributed by atoms with Crippen molar-refractivity contribution in [2.45, 2.75) is 33.7 Å². The number of nitrogens with zero attached hydrogens (tertiary/aromatic N) is 1. The highest BCUT2D eigenvalue weighted by atomic mass is 16.2. The van der Waals surface area contributed by atoms with Gasteiger partial charge in [0, 0.05) is 5.92 Å². The number of imide groups is 1. The molecule has 0 bridgehead atoms. The fourth-order valence-electron chi connectivity index (χ4n) is 2.56. The summed E-state index contributed by atoms with van der Waals surface area (Å²) in [5.41, 5.74) is 0.777. The number of amides is 2. The molecule has 2 rings (SSSR count). The molecule has 1 aliphatic rings. The highest BCUT2D eigenvalue weighted by molar-refractivity contribution is 6.23. The van der Waals surface area contributed by atoms with Crippen LogP contribution >= 0.6 is 0 Å². The topological polar surface area (TPSA) is 54.5 Å². The Bertz CT molecular complexity index is 540. The van der Waals surface area contributed by atoms with Gasteiger partial charge in [0.25, 0.3) is 11.8 Å². The molecule has 2 amide bonds. The first-order valence-electron chi connectivity index (χ1n) is 6.87. The molecule has 0 aromatic heterocycles. The molecule has 1 aromatic carbocycles. The predicted octanol–water partition coefficient (Wildman–Crippen LogP) is 2.53. The Morgan fingerprint density at radius 1 is 0.950 bits per heavy atom. The van der Waals surface area contributed by atoms with Crippen LogP contribution in [0, 0.1) is 11.8 Å². The normalized spacial score (nSPS) is 16.0. The SMILES string of the molecule is CC(C)C(=O)C(C(C)C)N1C(=O)c2ccccc2C1=O. The second kappa shape index (κ2) is 5.19. The third kappa shape index (κ3) is 2.15. The van der Waals surface area contributed by atoms with E-state index in [2.05, 4.69) is 0 Å². The van der Waals surface area contributed by atoms with Gasteiger partial charge >= 0.3 is 0 Å². The standard InChI is InChI=1S/C16H19NO3/c1-9(2)13(14(18)10(3)4)17-15(19)11-7-5-6-8-12(11)16(17)20/h5-10,13H,1-4H3.